The van der Waals surface area contributed by atoms with Crippen LogP contribution in [0.2, 0.25) is 0 Å². The molecule has 0 saturated carbocycles. The van der Waals surface area contributed by atoms with Gasteiger partial charge < -0.3 is 5.11 Å². The number of carboxylic acid groups (broad SMARTS) is 1. The first-order valence-electron chi connectivity index (χ1n) is 7.40. The van der Waals surface area contributed by atoms with Gasteiger partial charge in [-0.3, -0.25) is 19.5 Å². The molecule has 0 atom stereocenters. The Kier molecular flexibility index (Phi) is 4.12. The number of nitrogens with zero attached hydrogens (tertiary/aromatic N) is 2. The number of aliphatic imine (C=N–C) groups is 1. The molecule has 2 aromatic carbocycles. The number of benzodiazepines with no additional fused rings is 1. The van der Waals surface area contributed by atoms with E-state index in [-0.39, 0.29) is 12.1 Å². The number of amides is 1. The van der Waals surface area contributed by atoms with E-state index in [1.807, 2.05) is 6.92 Å². The SMILES string of the molecule is Cc1ccc2c(c1)C(c1ccccc1F)=NCC(=O)N2CC(=O)O. The van der Waals surface area contributed by atoms with Crippen molar-refractivity contribution in [2.75, 3.05) is 18.0 Å². The Morgan fingerprint density at radius 3 is 2.71 bits per heavy atom. The van der Waals surface area contributed by atoms with Crippen LogP contribution < -0.4 is 4.90 Å². The zero-order valence-electron chi connectivity index (χ0n) is 13.0. The zero-order chi connectivity index (χ0) is 17.3. The normalized spacial score (nSPS) is 14.0. The van der Waals surface area contributed by atoms with Crippen LogP contribution in [0.3, 0.4) is 0 Å². The Morgan fingerprint density at radius 2 is 2.00 bits per heavy atom. The summed E-state index contributed by atoms with van der Waals surface area (Å²) in [5.41, 5.74) is 2.52. The van der Waals surface area contributed by atoms with Gasteiger partial charge in [-0.05, 0) is 31.2 Å². The first-order chi connectivity index (χ1) is 11.5. The number of hydrogen-bond donors (Lipinski definition) is 1. The van der Waals surface area contributed by atoms with Crippen molar-refractivity contribution in [1.29, 1.82) is 0 Å². The molecule has 3 rings (SSSR count). The number of carbonyl (C=O) groups excluding carboxylic acids is 1. The highest BCUT2D eigenvalue weighted by molar-refractivity contribution is 6.20. The maximum Gasteiger partial charge on any atom is 0.323 e. The maximum atomic E-state index is 14.2. The van der Waals surface area contributed by atoms with E-state index in [9.17, 15) is 14.0 Å². The Bertz CT molecular complexity index is 861. The average Bonchev–Trinajstić information content (AvgIpc) is 2.66. The first-order valence-corrected chi connectivity index (χ1v) is 7.40. The molecule has 122 valence electrons. The van der Waals surface area contributed by atoms with E-state index in [0.717, 1.165) is 5.56 Å². The summed E-state index contributed by atoms with van der Waals surface area (Å²) in [6.45, 7) is 1.17. The van der Waals surface area contributed by atoms with E-state index in [1.54, 1.807) is 36.4 Å². The Hall–Kier alpha value is -3.02. The van der Waals surface area contributed by atoms with Crippen LogP contribution >= 0.6 is 0 Å². The van der Waals surface area contributed by atoms with Crippen molar-refractivity contribution < 1.29 is 19.1 Å². The molecule has 1 aliphatic heterocycles. The molecular formula is C18H15FN2O3. The molecular weight excluding hydrogens is 311 g/mol. The number of carboxylic acids is 1. The standard InChI is InChI=1S/C18H15FN2O3/c1-11-6-7-15-13(8-11)18(12-4-2-3-5-14(12)19)20-9-16(22)21(15)10-17(23)24/h2-8H,9-10H2,1H3,(H,23,24). The van der Waals surface area contributed by atoms with Gasteiger partial charge in [0.25, 0.3) is 0 Å². The lowest BCUT2D eigenvalue weighted by Crippen LogP contribution is -2.37. The van der Waals surface area contributed by atoms with E-state index in [4.69, 9.17) is 5.11 Å². The molecule has 5 nitrogen and oxygen atoms in total. The van der Waals surface area contributed by atoms with Crippen LogP contribution in [0, 0.1) is 12.7 Å². The highest BCUT2D eigenvalue weighted by Gasteiger charge is 2.27. The van der Waals surface area contributed by atoms with Gasteiger partial charge in [-0.25, -0.2) is 4.39 Å². The largest absolute Gasteiger partial charge is 0.480 e. The lowest BCUT2D eigenvalue weighted by Gasteiger charge is -2.21. The fourth-order valence-electron chi connectivity index (χ4n) is 2.72. The van der Waals surface area contributed by atoms with E-state index >= 15 is 0 Å². The molecule has 0 radical (unpaired) electrons. The smallest absolute Gasteiger partial charge is 0.323 e. The topological polar surface area (TPSA) is 70.0 Å². The molecule has 0 aliphatic carbocycles. The zero-order valence-corrected chi connectivity index (χ0v) is 13.0. The van der Waals surface area contributed by atoms with Crippen LogP contribution in [0.4, 0.5) is 10.1 Å². The summed E-state index contributed by atoms with van der Waals surface area (Å²) in [6.07, 6.45) is 0. The molecule has 0 aromatic heterocycles. The van der Waals surface area contributed by atoms with Crippen LogP contribution in [-0.4, -0.2) is 35.8 Å². The second kappa shape index (κ2) is 6.23. The van der Waals surface area contributed by atoms with Crippen LogP contribution in [0.25, 0.3) is 0 Å². The molecule has 1 N–H and O–H groups in total. The fraction of sp³-hybridized carbons (Fsp3) is 0.167. The molecule has 2 aromatic rings. The van der Waals surface area contributed by atoms with Gasteiger partial charge in [0, 0.05) is 11.1 Å². The molecule has 6 heteroatoms. The van der Waals surface area contributed by atoms with Crippen LogP contribution in [-0.2, 0) is 9.59 Å². The lowest BCUT2D eigenvalue weighted by atomic mass is 9.98. The highest BCUT2D eigenvalue weighted by Crippen LogP contribution is 2.28. The molecule has 1 heterocycles. The fourth-order valence-corrected chi connectivity index (χ4v) is 2.72. The van der Waals surface area contributed by atoms with Crippen molar-refractivity contribution in [3.63, 3.8) is 0 Å². The van der Waals surface area contributed by atoms with Gasteiger partial charge in [-0.15, -0.1) is 0 Å². The van der Waals surface area contributed by atoms with Crippen molar-refractivity contribution in [2.45, 2.75) is 6.92 Å². The van der Waals surface area contributed by atoms with Gasteiger partial charge in [0.15, 0.2) is 0 Å². The molecule has 1 amide bonds. The molecule has 0 unspecified atom stereocenters. The number of aryl methyl sites for hydroxylation is 1. The second-order valence-electron chi connectivity index (χ2n) is 5.54. The van der Waals surface area contributed by atoms with Crippen molar-refractivity contribution in [3.05, 3.63) is 65.0 Å². The summed E-state index contributed by atoms with van der Waals surface area (Å²) in [5, 5.41) is 9.09. The highest BCUT2D eigenvalue weighted by atomic mass is 19.1. The van der Waals surface area contributed by atoms with E-state index in [1.165, 1.54) is 11.0 Å². The van der Waals surface area contributed by atoms with Crippen LogP contribution in [0.15, 0.2) is 47.5 Å². The molecule has 0 saturated heterocycles. The van der Waals surface area contributed by atoms with Crippen LogP contribution in [0.1, 0.15) is 16.7 Å². The van der Waals surface area contributed by atoms with Gasteiger partial charge in [0.05, 0.1) is 11.4 Å². The minimum Gasteiger partial charge on any atom is -0.480 e. The van der Waals surface area contributed by atoms with E-state index < -0.39 is 24.2 Å². The van der Waals surface area contributed by atoms with Crippen molar-refractivity contribution in [3.8, 4) is 0 Å². The minimum atomic E-state index is -1.12. The summed E-state index contributed by atoms with van der Waals surface area (Å²) in [5.74, 6) is -2.00. The predicted octanol–water partition coefficient (Wildman–Crippen LogP) is 2.40. The number of halogens is 1. The summed E-state index contributed by atoms with van der Waals surface area (Å²) in [6, 6.07) is 11.4. The summed E-state index contributed by atoms with van der Waals surface area (Å²) < 4.78 is 14.2. The first kappa shape index (κ1) is 15.9. The lowest BCUT2D eigenvalue weighted by molar-refractivity contribution is -0.136. The number of benzene rings is 2. The number of rotatable bonds is 3. The van der Waals surface area contributed by atoms with Gasteiger partial charge in [0.1, 0.15) is 18.9 Å². The Labute approximate surface area is 138 Å². The number of anilines is 1. The Morgan fingerprint density at radius 1 is 1.25 bits per heavy atom. The number of fused-ring (bicyclic) bond motifs is 1. The molecule has 1 aliphatic rings. The van der Waals surface area contributed by atoms with Gasteiger partial charge in [0.2, 0.25) is 5.91 Å². The number of hydrogen-bond acceptors (Lipinski definition) is 3. The van der Waals surface area contributed by atoms with Crippen molar-refractivity contribution in [1.82, 2.24) is 0 Å². The third kappa shape index (κ3) is 2.90. The van der Waals surface area contributed by atoms with E-state index in [2.05, 4.69) is 4.99 Å². The molecule has 0 spiro atoms. The molecule has 24 heavy (non-hydrogen) atoms. The average molecular weight is 326 g/mol. The quantitative estimate of drug-likeness (QED) is 0.941. The number of aliphatic carboxylic acids is 1. The minimum absolute atomic E-state index is 0.231. The van der Waals surface area contributed by atoms with Gasteiger partial charge in [-0.2, -0.15) is 0 Å². The maximum absolute atomic E-state index is 14.2. The summed E-state index contributed by atoms with van der Waals surface area (Å²) in [7, 11) is 0. The number of carbonyl (C=O) groups is 2. The third-order valence-corrected chi connectivity index (χ3v) is 3.79. The van der Waals surface area contributed by atoms with Crippen molar-refractivity contribution >= 4 is 23.3 Å². The Balaban J connectivity index is 2.21. The second-order valence-corrected chi connectivity index (χ2v) is 5.54. The van der Waals surface area contributed by atoms with Crippen molar-refractivity contribution in [2.24, 2.45) is 4.99 Å². The monoisotopic (exact) mass is 326 g/mol. The molecule has 0 fully saturated rings. The van der Waals surface area contributed by atoms with Crippen LogP contribution in [0.5, 0.6) is 0 Å². The summed E-state index contributed by atoms with van der Waals surface area (Å²) >= 11 is 0. The van der Waals surface area contributed by atoms with Gasteiger partial charge in [-0.1, -0.05) is 23.8 Å². The molecule has 0 bridgehead atoms. The van der Waals surface area contributed by atoms with Gasteiger partial charge >= 0.3 is 5.97 Å². The predicted molar refractivity (Wildman–Crippen MR) is 88.1 cm³/mol. The van der Waals surface area contributed by atoms with E-state index in [0.29, 0.717) is 17.0 Å². The summed E-state index contributed by atoms with van der Waals surface area (Å²) in [4.78, 5) is 28.9. The third-order valence-electron chi connectivity index (χ3n) is 3.79.